The molecule has 2 heterocycles. The van der Waals surface area contributed by atoms with Gasteiger partial charge < -0.3 is 10.2 Å². The molecule has 1 N–H and O–H groups in total. The molecule has 25 heavy (non-hydrogen) atoms. The first-order valence-electron chi connectivity index (χ1n) is 8.42. The number of thiophene rings is 1. The number of amides is 2. The number of nitrogens with zero attached hydrogens (tertiary/aromatic N) is 1. The van der Waals surface area contributed by atoms with Crippen molar-refractivity contribution in [3.8, 4) is 0 Å². The van der Waals surface area contributed by atoms with Gasteiger partial charge in [-0.1, -0.05) is 15.9 Å². The maximum atomic E-state index is 12.7. The summed E-state index contributed by atoms with van der Waals surface area (Å²) < 4.78 is 0.932. The largest absolute Gasteiger partial charge is 0.352 e. The summed E-state index contributed by atoms with van der Waals surface area (Å²) >= 11 is 5.04. The molecule has 6 heteroatoms. The van der Waals surface area contributed by atoms with Crippen molar-refractivity contribution >= 4 is 39.1 Å². The highest BCUT2D eigenvalue weighted by molar-refractivity contribution is 9.10. The lowest BCUT2D eigenvalue weighted by Gasteiger charge is -2.25. The molecule has 2 aromatic rings. The van der Waals surface area contributed by atoms with Gasteiger partial charge in [-0.3, -0.25) is 9.59 Å². The predicted molar refractivity (Wildman–Crippen MR) is 104 cm³/mol. The van der Waals surface area contributed by atoms with Crippen LogP contribution < -0.4 is 5.32 Å². The molecule has 1 aliphatic heterocycles. The van der Waals surface area contributed by atoms with Gasteiger partial charge in [-0.15, -0.1) is 0 Å². The number of nitrogens with one attached hydrogen (secondary N) is 1. The normalized spacial score (nSPS) is 18.2. The Balaban J connectivity index is 1.63. The van der Waals surface area contributed by atoms with Gasteiger partial charge in [0.15, 0.2) is 0 Å². The average Bonchev–Trinajstić information content (AvgIpc) is 3.26. The van der Waals surface area contributed by atoms with Gasteiger partial charge >= 0.3 is 0 Å². The quantitative estimate of drug-likeness (QED) is 0.797. The molecular formula is C19H21BrN2O2S. The van der Waals surface area contributed by atoms with E-state index in [4.69, 9.17) is 0 Å². The fraction of sp³-hybridized carbons (Fsp3) is 0.368. The van der Waals surface area contributed by atoms with Crippen molar-refractivity contribution in [2.24, 2.45) is 0 Å². The van der Waals surface area contributed by atoms with Gasteiger partial charge in [0, 0.05) is 22.6 Å². The van der Waals surface area contributed by atoms with Crippen LogP contribution in [0.1, 0.15) is 35.7 Å². The van der Waals surface area contributed by atoms with Crippen LogP contribution in [-0.4, -0.2) is 35.3 Å². The molecule has 1 aromatic heterocycles. The van der Waals surface area contributed by atoms with Gasteiger partial charge in [0.05, 0.1) is 0 Å². The monoisotopic (exact) mass is 420 g/mol. The second-order valence-electron chi connectivity index (χ2n) is 6.41. The maximum Gasteiger partial charge on any atom is 0.254 e. The molecule has 2 atom stereocenters. The molecule has 0 saturated carbocycles. The van der Waals surface area contributed by atoms with E-state index in [2.05, 4.69) is 32.7 Å². The van der Waals surface area contributed by atoms with Crippen molar-refractivity contribution in [1.82, 2.24) is 10.2 Å². The molecule has 0 aliphatic carbocycles. The SMILES string of the molecule is CC(Cc1ccsc1)NC(=O)C1CCCN1C(=O)c1ccc(Br)cc1. The van der Waals surface area contributed by atoms with Crippen LogP contribution in [0.25, 0.3) is 0 Å². The van der Waals surface area contributed by atoms with E-state index in [1.165, 1.54) is 5.56 Å². The van der Waals surface area contributed by atoms with E-state index in [1.807, 2.05) is 24.4 Å². The number of likely N-dealkylation sites (tertiary alicyclic amines) is 1. The molecule has 1 aromatic carbocycles. The molecular weight excluding hydrogens is 400 g/mol. The molecule has 1 fully saturated rings. The number of carbonyl (C=O) groups is 2. The van der Waals surface area contributed by atoms with Crippen LogP contribution in [0.15, 0.2) is 45.6 Å². The Hall–Kier alpha value is -1.66. The summed E-state index contributed by atoms with van der Waals surface area (Å²) in [6.07, 6.45) is 2.39. The fourth-order valence-corrected chi connectivity index (χ4v) is 4.14. The topological polar surface area (TPSA) is 49.4 Å². The van der Waals surface area contributed by atoms with Crippen molar-refractivity contribution in [3.05, 3.63) is 56.7 Å². The highest BCUT2D eigenvalue weighted by atomic mass is 79.9. The third-order valence-electron chi connectivity index (χ3n) is 4.42. The number of rotatable bonds is 5. The summed E-state index contributed by atoms with van der Waals surface area (Å²) in [5.41, 5.74) is 1.85. The maximum absolute atomic E-state index is 12.7. The minimum Gasteiger partial charge on any atom is -0.352 e. The zero-order valence-electron chi connectivity index (χ0n) is 14.1. The molecule has 4 nitrogen and oxygen atoms in total. The highest BCUT2D eigenvalue weighted by Gasteiger charge is 2.34. The van der Waals surface area contributed by atoms with E-state index in [-0.39, 0.29) is 23.9 Å². The number of hydrogen-bond acceptors (Lipinski definition) is 3. The smallest absolute Gasteiger partial charge is 0.254 e. The lowest BCUT2D eigenvalue weighted by atomic mass is 10.1. The summed E-state index contributed by atoms with van der Waals surface area (Å²) in [4.78, 5) is 27.1. The van der Waals surface area contributed by atoms with Crippen LogP contribution >= 0.6 is 27.3 Å². The lowest BCUT2D eigenvalue weighted by molar-refractivity contribution is -0.125. The predicted octanol–water partition coefficient (Wildman–Crippen LogP) is 3.86. The fourth-order valence-electron chi connectivity index (χ4n) is 3.19. The van der Waals surface area contributed by atoms with Gasteiger partial charge in [0.25, 0.3) is 5.91 Å². The minimum absolute atomic E-state index is 0.0485. The summed E-state index contributed by atoms with van der Waals surface area (Å²) in [6, 6.07) is 9.03. The van der Waals surface area contributed by atoms with Crippen LogP contribution in [0.2, 0.25) is 0 Å². The zero-order chi connectivity index (χ0) is 17.8. The summed E-state index contributed by atoms with van der Waals surface area (Å²) in [5.74, 6) is -0.124. The third kappa shape index (κ3) is 4.50. The molecule has 132 valence electrons. The Morgan fingerprint density at radius 3 is 2.76 bits per heavy atom. The highest BCUT2D eigenvalue weighted by Crippen LogP contribution is 2.21. The summed E-state index contributed by atoms with van der Waals surface area (Å²) in [5, 5.41) is 7.21. The van der Waals surface area contributed by atoms with E-state index in [0.717, 1.165) is 23.7 Å². The van der Waals surface area contributed by atoms with Gasteiger partial charge in [-0.25, -0.2) is 0 Å². The van der Waals surface area contributed by atoms with Crippen molar-refractivity contribution in [2.75, 3.05) is 6.54 Å². The summed E-state index contributed by atoms with van der Waals surface area (Å²) in [7, 11) is 0. The van der Waals surface area contributed by atoms with Crippen molar-refractivity contribution in [2.45, 2.75) is 38.3 Å². The standard InChI is InChI=1S/C19H21BrN2O2S/c1-13(11-14-8-10-25-12-14)21-18(23)17-3-2-9-22(17)19(24)15-4-6-16(20)7-5-15/h4-8,10,12-13,17H,2-3,9,11H2,1H3,(H,21,23). The molecule has 3 rings (SSSR count). The van der Waals surface area contributed by atoms with E-state index in [0.29, 0.717) is 12.1 Å². The Morgan fingerprint density at radius 1 is 1.32 bits per heavy atom. The first-order chi connectivity index (χ1) is 12.0. The first kappa shape index (κ1) is 18.1. The number of carbonyl (C=O) groups excluding carboxylic acids is 2. The molecule has 1 aliphatic rings. The van der Waals surface area contributed by atoms with Crippen molar-refractivity contribution in [1.29, 1.82) is 0 Å². The third-order valence-corrected chi connectivity index (χ3v) is 5.68. The Bertz CT molecular complexity index is 730. The van der Waals surface area contributed by atoms with Gasteiger partial charge in [0.2, 0.25) is 5.91 Å². The molecule has 0 radical (unpaired) electrons. The molecule has 2 amide bonds. The molecule has 2 unspecified atom stereocenters. The van der Waals surface area contributed by atoms with Gasteiger partial charge in [-0.05, 0) is 72.8 Å². The molecule has 0 spiro atoms. The lowest BCUT2D eigenvalue weighted by Crippen LogP contribution is -2.48. The van der Waals surface area contributed by atoms with Crippen molar-refractivity contribution < 1.29 is 9.59 Å². The summed E-state index contributed by atoms with van der Waals surface area (Å²) in [6.45, 7) is 2.64. The zero-order valence-corrected chi connectivity index (χ0v) is 16.5. The Kier molecular flexibility index (Phi) is 5.91. The van der Waals surface area contributed by atoms with E-state index < -0.39 is 0 Å². The van der Waals surface area contributed by atoms with Crippen LogP contribution in [0.4, 0.5) is 0 Å². The van der Waals surface area contributed by atoms with E-state index in [9.17, 15) is 9.59 Å². The van der Waals surface area contributed by atoms with E-state index >= 15 is 0 Å². The average molecular weight is 421 g/mol. The molecule has 1 saturated heterocycles. The van der Waals surface area contributed by atoms with Crippen LogP contribution in [-0.2, 0) is 11.2 Å². The molecule has 0 bridgehead atoms. The van der Waals surface area contributed by atoms with Crippen LogP contribution in [0.3, 0.4) is 0 Å². The Labute approximate surface area is 160 Å². The van der Waals surface area contributed by atoms with Crippen LogP contribution in [0, 0.1) is 0 Å². The van der Waals surface area contributed by atoms with E-state index in [1.54, 1.807) is 28.4 Å². The number of halogens is 1. The van der Waals surface area contributed by atoms with Gasteiger partial charge in [-0.2, -0.15) is 11.3 Å². The Morgan fingerprint density at radius 2 is 2.08 bits per heavy atom. The van der Waals surface area contributed by atoms with Crippen molar-refractivity contribution in [3.63, 3.8) is 0 Å². The first-order valence-corrected chi connectivity index (χ1v) is 10.2. The second-order valence-corrected chi connectivity index (χ2v) is 8.10. The minimum atomic E-state index is -0.374. The second kappa shape index (κ2) is 8.15. The number of hydrogen-bond donors (Lipinski definition) is 1. The van der Waals surface area contributed by atoms with Gasteiger partial charge in [0.1, 0.15) is 6.04 Å². The number of benzene rings is 1. The van der Waals surface area contributed by atoms with Crippen LogP contribution in [0.5, 0.6) is 0 Å².